The van der Waals surface area contributed by atoms with Crippen molar-refractivity contribution in [2.75, 3.05) is 14.2 Å². The Bertz CT molecular complexity index is 989. The molecule has 1 aromatic heterocycles. The van der Waals surface area contributed by atoms with Gasteiger partial charge >= 0.3 is 5.69 Å². The van der Waals surface area contributed by atoms with E-state index in [9.17, 15) is 4.79 Å². The second kappa shape index (κ2) is 7.20. The highest BCUT2D eigenvalue weighted by molar-refractivity contribution is 5.94. The lowest BCUT2D eigenvalue weighted by Crippen LogP contribution is -2.23. The van der Waals surface area contributed by atoms with Crippen molar-refractivity contribution in [1.29, 1.82) is 0 Å². The van der Waals surface area contributed by atoms with Gasteiger partial charge < -0.3 is 9.47 Å². The monoisotopic (exact) mass is 352 g/mol. The van der Waals surface area contributed by atoms with E-state index in [4.69, 9.17) is 9.47 Å². The third-order valence-corrected chi connectivity index (χ3v) is 4.65. The van der Waals surface area contributed by atoms with Crippen LogP contribution in [-0.2, 0) is 6.54 Å². The highest BCUT2D eigenvalue weighted by atomic mass is 16.5. The lowest BCUT2D eigenvalue weighted by atomic mass is 9.99. The van der Waals surface area contributed by atoms with Gasteiger partial charge in [-0.3, -0.25) is 4.57 Å². The van der Waals surface area contributed by atoms with Crippen LogP contribution >= 0.6 is 0 Å². The summed E-state index contributed by atoms with van der Waals surface area (Å²) in [5.74, 6) is 1.66. The fraction of sp³-hybridized carbons (Fsp3) is 0.333. The van der Waals surface area contributed by atoms with Crippen LogP contribution in [0.4, 0.5) is 0 Å². The van der Waals surface area contributed by atoms with Gasteiger partial charge in [0.25, 0.3) is 0 Å². The number of rotatable bonds is 5. The van der Waals surface area contributed by atoms with Crippen LogP contribution in [-0.4, -0.2) is 23.8 Å². The number of aryl methyl sites for hydroxylation is 1. The Morgan fingerprint density at radius 2 is 1.65 bits per heavy atom. The summed E-state index contributed by atoms with van der Waals surface area (Å²) < 4.78 is 12.5. The maximum atomic E-state index is 12.6. The van der Waals surface area contributed by atoms with E-state index >= 15 is 0 Å². The number of nitrogens with zero attached hydrogens (tertiary/aromatic N) is 2. The van der Waals surface area contributed by atoms with Gasteiger partial charge in [0.2, 0.25) is 0 Å². The molecule has 0 aliphatic heterocycles. The molecule has 26 heavy (non-hydrogen) atoms. The van der Waals surface area contributed by atoms with Crippen molar-refractivity contribution in [2.45, 2.75) is 33.2 Å². The number of benzene rings is 2. The molecular formula is C21H24N2O3. The summed E-state index contributed by atoms with van der Waals surface area (Å²) in [6, 6.07) is 11.9. The van der Waals surface area contributed by atoms with Gasteiger partial charge in [0.05, 0.1) is 25.4 Å². The van der Waals surface area contributed by atoms with E-state index in [-0.39, 0.29) is 5.69 Å². The number of ether oxygens (including phenoxy) is 2. The molecule has 5 nitrogen and oxygen atoms in total. The molecule has 3 rings (SSSR count). The molecule has 0 spiro atoms. The molecule has 5 heteroatoms. The van der Waals surface area contributed by atoms with E-state index in [0.29, 0.717) is 29.7 Å². The summed E-state index contributed by atoms with van der Waals surface area (Å²) in [6.45, 7) is 6.77. The van der Waals surface area contributed by atoms with Gasteiger partial charge in [-0.2, -0.15) is 4.98 Å². The maximum Gasteiger partial charge on any atom is 0.348 e. The van der Waals surface area contributed by atoms with Crippen molar-refractivity contribution in [3.8, 4) is 22.8 Å². The third kappa shape index (κ3) is 3.05. The van der Waals surface area contributed by atoms with Crippen LogP contribution in [0.15, 0.2) is 41.2 Å². The van der Waals surface area contributed by atoms with E-state index < -0.39 is 0 Å². The number of methoxy groups -OCH3 is 2. The van der Waals surface area contributed by atoms with E-state index in [2.05, 4.69) is 31.0 Å². The Kier molecular flexibility index (Phi) is 4.98. The van der Waals surface area contributed by atoms with Gasteiger partial charge in [-0.25, -0.2) is 4.79 Å². The third-order valence-electron chi connectivity index (χ3n) is 4.65. The zero-order chi connectivity index (χ0) is 18.8. The Labute approximate surface area is 153 Å². The topological polar surface area (TPSA) is 53.4 Å². The van der Waals surface area contributed by atoms with E-state index in [0.717, 1.165) is 16.5 Å². The average molecular weight is 352 g/mol. The molecule has 0 saturated heterocycles. The van der Waals surface area contributed by atoms with Crippen LogP contribution in [0.5, 0.6) is 11.5 Å². The minimum Gasteiger partial charge on any atom is -0.493 e. The van der Waals surface area contributed by atoms with E-state index in [1.807, 2.05) is 31.2 Å². The zero-order valence-corrected chi connectivity index (χ0v) is 15.9. The van der Waals surface area contributed by atoms with Crippen molar-refractivity contribution in [3.63, 3.8) is 0 Å². The van der Waals surface area contributed by atoms with Gasteiger partial charge in [-0.1, -0.05) is 38.1 Å². The largest absolute Gasteiger partial charge is 0.493 e. The van der Waals surface area contributed by atoms with E-state index in [1.165, 1.54) is 5.56 Å². The van der Waals surface area contributed by atoms with Crippen molar-refractivity contribution >= 4 is 10.9 Å². The second-order valence-electron chi connectivity index (χ2n) is 6.49. The van der Waals surface area contributed by atoms with Gasteiger partial charge in [0, 0.05) is 23.6 Å². The summed E-state index contributed by atoms with van der Waals surface area (Å²) in [4.78, 5) is 16.9. The number of hydrogen-bond acceptors (Lipinski definition) is 4. The molecule has 0 unspecified atom stereocenters. The lowest BCUT2D eigenvalue weighted by Gasteiger charge is -2.15. The predicted molar refractivity (Wildman–Crippen MR) is 104 cm³/mol. The van der Waals surface area contributed by atoms with Crippen LogP contribution < -0.4 is 15.2 Å². The molecule has 0 aliphatic carbocycles. The second-order valence-corrected chi connectivity index (χ2v) is 6.49. The SMILES string of the molecule is CCn1c(=O)nc(-c2ccc(C(C)C)cc2)c2cc(OC)c(OC)cc21. The molecule has 136 valence electrons. The molecule has 2 aromatic carbocycles. The van der Waals surface area contributed by atoms with Crippen LogP contribution in [0, 0.1) is 0 Å². The van der Waals surface area contributed by atoms with Crippen molar-refractivity contribution in [2.24, 2.45) is 0 Å². The van der Waals surface area contributed by atoms with Gasteiger partial charge in [0.15, 0.2) is 11.5 Å². The van der Waals surface area contributed by atoms with E-state index in [1.54, 1.807) is 18.8 Å². The lowest BCUT2D eigenvalue weighted by molar-refractivity contribution is 0.355. The molecule has 0 fully saturated rings. The molecule has 0 saturated carbocycles. The summed E-state index contributed by atoms with van der Waals surface area (Å²) in [6.07, 6.45) is 0. The first kappa shape index (κ1) is 18.0. The Balaban J connectivity index is 2.33. The first-order valence-corrected chi connectivity index (χ1v) is 8.77. The molecule has 0 N–H and O–H groups in total. The summed E-state index contributed by atoms with van der Waals surface area (Å²) in [5, 5.41) is 0.862. The average Bonchev–Trinajstić information content (AvgIpc) is 2.66. The van der Waals surface area contributed by atoms with Gasteiger partial charge in [-0.05, 0) is 24.5 Å². The Morgan fingerprint density at radius 3 is 2.19 bits per heavy atom. The van der Waals surface area contributed by atoms with Crippen LogP contribution in [0.3, 0.4) is 0 Å². The number of aromatic nitrogens is 2. The van der Waals surface area contributed by atoms with Crippen LogP contribution in [0.25, 0.3) is 22.2 Å². The Morgan fingerprint density at radius 1 is 1.04 bits per heavy atom. The number of fused-ring (bicyclic) bond motifs is 1. The molecule has 0 bridgehead atoms. The molecule has 0 radical (unpaired) electrons. The molecule has 0 amide bonds. The van der Waals surface area contributed by atoms with Gasteiger partial charge in [0.1, 0.15) is 0 Å². The first-order valence-electron chi connectivity index (χ1n) is 8.77. The van der Waals surface area contributed by atoms with Crippen molar-refractivity contribution in [3.05, 3.63) is 52.4 Å². The Hall–Kier alpha value is -2.82. The standard InChI is InChI=1S/C21H24N2O3/c1-6-23-17-12-19(26-5)18(25-4)11-16(17)20(22-21(23)24)15-9-7-14(8-10-15)13(2)3/h7-13H,6H2,1-5H3. The fourth-order valence-electron chi connectivity index (χ4n) is 3.15. The van der Waals surface area contributed by atoms with Crippen molar-refractivity contribution in [1.82, 2.24) is 9.55 Å². The fourth-order valence-corrected chi connectivity index (χ4v) is 3.15. The summed E-state index contributed by atoms with van der Waals surface area (Å²) >= 11 is 0. The first-order chi connectivity index (χ1) is 12.5. The molecule has 0 aliphatic rings. The predicted octanol–water partition coefficient (Wildman–Crippen LogP) is 4.22. The minimum atomic E-state index is -0.268. The summed E-state index contributed by atoms with van der Waals surface area (Å²) in [7, 11) is 3.19. The highest BCUT2D eigenvalue weighted by Gasteiger charge is 2.16. The van der Waals surface area contributed by atoms with Gasteiger partial charge in [-0.15, -0.1) is 0 Å². The quantitative estimate of drug-likeness (QED) is 0.690. The zero-order valence-electron chi connectivity index (χ0n) is 15.9. The maximum absolute atomic E-state index is 12.6. The summed E-state index contributed by atoms with van der Waals surface area (Å²) in [5.41, 5.74) is 3.33. The molecule has 3 aromatic rings. The molecular weight excluding hydrogens is 328 g/mol. The van der Waals surface area contributed by atoms with Crippen LogP contribution in [0.1, 0.15) is 32.3 Å². The number of hydrogen-bond donors (Lipinski definition) is 0. The van der Waals surface area contributed by atoms with Crippen molar-refractivity contribution < 1.29 is 9.47 Å². The molecule has 1 heterocycles. The van der Waals surface area contributed by atoms with Crippen LogP contribution in [0.2, 0.25) is 0 Å². The molecule has 0 atom stereocenters. The smallest absolute Gasteiger partial charge is 0.348 e. The minimum absolute atomic E-state index is 0.268. The normalized spacial score (nSPS) is 11.2. The highest BCUT2D eigenvalue weighted by Crippen LogP contribution is 2.35.